The van der Waals surface area contributed by atoms with E-state index in [1.54, 1.807) is 0 Å². The van der Waals surface area contributed by atoms with Crippen molar-refractivity contribution in [3.63, 3.8) is 0 Å². The van der Waals surface area contributed by atoms with E-state index in [4.69, 9.17) is 24.7 Å². The Labute approximate surface area is 335 Å². The summed E-state index contributed by atoms with van der Waals surface area (Å²) in [6.07, 6.45) is 14.1. The molecule has 7 rings (SSSR count). The zero-order chi connectivity index (χ0) is 35.9. The summed E-state index contributed by atoms with van der Waals surface area (Å²) in [6, 6.07) is 16.8. The number of benzene rings is 1. The summed E-state index contributed by atoms with van der Waals surface area (Å²) in [4.78, 5) is 36.7. The van der Waals surface area contributed by atoms with Gasteiger partial charge < -0.3 is 24.7 Å². The molecule has 7 nitrogen and oxygen atoms in total. The molecule has 2 aliphatic heterocycles. The number of aromatic amines is 1. The summed E-state index contributed by atoms with van der Waals surface area (Å²) in [7, 11) is -1.31. The number of esters is 1. The standard InChI is InChI=1S/C43H45N5O2Si.Lu/c1-8-34-26(3)38-22-32-16-18-36(45-32)42(28-10-12-29(13-11-28)43(49)50-20-21-51(5,6)7)37-19-17-33(46-37)23-39-27(4)35(9-2)41(48-39)25-31-15-14-30(44-31)24-40(34)47-38;/h10-19,22-25H,8-9,20-21H2,1-7H3,(H2-2,44,45,46,47,48,49);/q-2;+3/p-1/b30-24-,31-25-,32-22-,33-23-,38-22?,39-23?,40-24?,41-25?,42-36-,42-37?;. The number of aliphatic imine (C=N–C) groups is 1. The molecule has 0 fully saturated rings. The summed E-state index contributed by atoms with van der Waals surface area (Å²) in [5, 5.41) is 3.61. The fourth-order valence-electron chi connectivity index (χ4n) is 6.78. The number of allylic oxidation sites excluding steroid dienone is 2. The molecule has 0 atom stereocenters. The number of hydrogen-bond donors (Lipinski definition) is 1. The number of nitrogens with one attached hydrogen (secondary N) is 1. The van der Waals surface area contributed by atoms with Gasteiger partial charge in [-0.15, -0.1) is 33.5 Å². The number of fused-ring (bicyclic) bond motifs is 9. The van der Waals surface area contributed by atoms with Crippen LogP contribution < -0.4 is 36.3 Å². The van der Waals surface area contributed by atoms with Crippen LogP contribution in [0.5, 0.6) is 0 Å². The van der Waals surface area contributed by atoms with E-state index in [0.717, 1.165) is 96.7 Å². The Kier molecular flexibility index (Phi) is 11.2. The van der Waals surface area contributed by atoms with Crippen molar-refractivity contribution >= 4 is 49.6 Å². The molecule has 0 saturated heterocycles. The van der Waals surface area contributed by atoms with Crippen LogP contribution >= 0.6 is 0 Å². The van der Waals surface area contributed by atoms with Gasteiger partial charge in [0.2, 0.25) is 0 Å². The number of carbonyl (C=O) groups is 1. The largest absolute Gasteiger partial charge is 3.00 e. The topological polar surface area (TPSA) is 96.8 Å². The second-order valence-corrected chi connectivity index (χ2v) is 20.2. The van der Waals surface area contributed by atoms with E-state index >= 15 is 0 Å². The molecule has 9 heteroatoms. The predicted octanol–water partition coefficient (Wildman–Crippen LogP) is 5.17. The van der Waals surface area contributed by atoms with Crippen LogP contribution in [0.3, 0.4) is 0 Å². The first kappa shape index (κ1) is 37.6. The van der Waals surface area contributed by atoms with Gasteiger partial charge in [0.15, 0.2) is 0 Å². The van der Waals surface area contributed by atoms with E-state index in [9.17, 15) is 4.79 Å². The van der Waals surface area contributed by atoms with E-state index in [1.165, 1.54) is 11.1 Å². The quantitative estimate of drug-likeness (QED) is 0.180. The van der Waals surface area contributed by atoms with Gasteiger partial charge in [0.25, 0.3) is 0 Å². The van der Waals surface area contributed by atoms with Crippen molar-refractivity contribution in [2.75, 3.05) is 6.61 Å². The van der Waals surface area contributed by atoms with Gasteiger partial charge in [0, 0.05) is 24.3 Å². The van der Waals surface area contributed by atoms with Crippen molar-refractivity contribution in [2.24, 2.45) is 4.99 Å². The van der Waals surface area contributed by atoms with Crippen LogP contribution in [-0.4, -0.2) is 31.3 Å². The maximum absolute atomic E-state index is 12.9. The van der Waals surface area contributed by atoms with Gasteiger partial charge in [0.1, 0.15) is 0 Å². The molecule has 0 amide bonds. The van der Waals surface area contributed by atoms with Crippen LogP contribution in [0.1, 0.15) is 74.8 Å². The Hall–Kier alpha value is -4.11. The molecule has 5 aromatic rings. The van der Waals surface area contributed by atoms with E-state index in [-0.39, 0.29) is 42.8 Å². The van der Waals surface area contributed by atoms with Crippen LogP contribution in [0.2, 0.25) is 25.7 Å². The molecule has 0 spiro atoms. The summed E-state index contributed by atoms with van der Waals surface area (Å²) in [5.74, 6) is -0.295. The molecular formula is C43H44LuN5O2Si. The first-order valence-corrected chi connectivity index (χ1v) is 21.5. The minimum atomic E-state index is -1.31. The average molecular weight is 866 g/mol. The number of aromatic nitrogens is 4. The Morgan fingerprint density at radius 1 is 0.750 bits per heavy atom. The number of rotatable bonds is 7. The fraction of sp³-hybridized carbons (Fsp3) is 0.256. The number of ether oxygens (including phenoxy) is 1. The number of hydrogen-bond acceptors (Lipinski definition) is 3. The minimum Gasteiger partial charge on any atom is -0.658 e. The van der Waals surface area contributed by atoms with Crippen molar-refractivity contribution < 1.29 is 46.4 Å². The van der Waals surface area contributed by atoms with E-state index in [2.05, 4.69) is 88.8 Å². The minimum absolute atomic E-state index is 0. The second kappa shape index (κ2) is 15.5. The predicted molar refractivity (Wildman–Crippen MR) is 209 cm³/mol. The van der Waals surface area contributed by atoms with Crippen molar-refractivity contribution in [3.05, 3.63) is 144 Å². The maximum atomic E-state index is 12.9. The van der Waals surface area contributed by atoms with Crippen LogP contribution in [0.4, 0.5) is 0 Å². The number of nitrogens with zero attached hydrogens (tertiary/aromatic N) is 4. The molecule has 0 saturated carbocycles. The number of carbonyl (C=O) groups excluding carboxylic acids is 1. The molecule has 0 aliphatic carbocycles. The molecule has 4 aromatic heterocycles. The first-order chi connectivity index (χ1) is 24.5. The molecule has 10 bridgehead atoms. The normalized spacial score (nSPS) is 17.7. The van der Waals surface area contributed by atoms with Crippen LogP contribution in [0, 0.1) is 50.7 Å². The van der Waals surface area contributed by atoms with Crippen LogP contribution in [0.15, 0.2) is 71.4 Å². The molecule has 6 heterocycles. The van der Waals surface area contributed by atoms with Gasteiger partial charge in [-0.05, 0) is 74.7 Å². The van der Waals surface area contributed by atoms with E-state index in [0.29, 0.717) is 12.2 Å². The SMILES string of the molecule is CCc1c2[n-]c(c1C)/C=C1/C=CC(=N1)/C(c1ccc(C(=O)OCC[Si](C)(C)C)cc1)=c1/cc/c([nH]1)=C/c1[n-]c(c(CC)c1C)/C=c1/cc/c([n-]1)=C/2.[Lu+3]. The van der Waals surface area contributed by atoms with Crippen molar-refractivity contribution in [1.29, 1.82) is 0 Å². The molecule has 1 N–H and O–H groups in total. The van der Waals surface area contributed by atoms with Crippen molar-refractivity contribution in [2.45, 2.75) is 66.2 Å². The Morgan fingerprint density at radius 2 is 1.37 bits per heavy atom. The average Bonchev–Trinajstić information content (AvgIpc) is 3.93. The van der Waals surface area contributed by atoms with Gasteiger partial charge in [-0.1, -0.05) is 104 Å². The second-order valence-electron chi connectivity index (χ2n) is 14.5. The van der Waals surface area contributed by atoms with E-state index in [1.807, 2.05) is 48.6 Å². The third-order valence-electron chi connectivity index (χ3n) is 9.70. The summed E-state index contributed by atoms with van der Waals surface area (Å²) < 4.78 is 5.63. The smallest absolute Gasteiger partial charge is 0.658 e. The van der Waals surface area contributed by atoms with Gasteiger partial charge >= 0.3 is 42.8 Å². The zero-order valence-electron chi connectivity index (χ0n) is 30.8. The Morgan fingerprint density at radius 3 is 1.96 bits per heavy atom. The molecule has 52 heavy (non-hydrogen) atoms. The van der Waals surface area contributed by atoms with Crippen LogP contribution in [-0.2, 0) is 17.6 Å². The molecule has 1 aromatic carbocycles. The Balaban J connectivity index is 0.00000464. The maximum Gasteiger partial charge on any atom is 3.00 e. The number of H-pyrrole nitrogens is 1. The molecular weight excluding hydrogens is 822 g/mol. The van der Waals surface area contributed by atoms with Crippen molar-refractivity contribution in [3.8, 4) is 0 Å². The van der Waals surface area contributed by atoms with Gasteiger partial charge in [0.05, 0.1) is 23.6 Å². The fourth-order valence-corrected chi connectivity index (χ4v) is 7.49. The molecule has 272 valence electrons. The van der Waals surface area contributed by atoms with Crippen molar-refractivity contribution in [1.82, 2.24) is 19.9 Å². The third kappa shape index (κ3) is 7.94. The van der Waals surface area contributed by atoms with Gasteiger partial charge in [-0.3, -0.25) is 0 Å². The molecule has 0 radical (unpaired) electrons. The summed E-state index contributed by atoms with van der Waals surface area (Å²) in [6.45, 7) is 15.9. The van der Waals surface area contributed by atoms with Crippen LogP contribution in [0.25, 0.3) is 29.9 Å². The Bertz CT molecular complexity index is 2490. The summed E-state index contributed by atoms with van der Waals surface area (Å²) in [5.41, 5.74) is 12.5. The third-order valence-corrected chi connectivity index (χ3v) is 11.4. The van der Waals surface area contributed by atoms with E-state index < -0.39 is 8.07 Å². The van der Waals surface area contributed by atoms with Gasteiger partial charge in [-0.2, -0.15) is 0 Å². The first-order valence-electron chi connectivity index (χ1n) is 17.8. The molecule has 2 aliphatic rings. The monoisotopic (exact) mass is 865 g/mol. The van der Waals surface area contributed by atoms with Gasteiger partial charge in [-0.25, -0.2) is 9.79 Å². The zero-order valence-corrected chi connectivity index (χ0v) is 33.4. The summed E-state index contributed by atoms with van der Waals surface area (Å²) >= 11 is 0. The molecule has 0 unspecified atom stereocenters.